The maximum Gasteiger partial charge on any atom is 0.304 e. The van der Waals surface area contributed by atoms with E-state index in [2.05, 4.69) is 39.5 Å². The second kappa shape index (κ2) is 11.6. The van der Waals surface area contributed by atoms with Crippen LogP contribution in [0.5, 0.6) is 0 Å². The monoisotopic (exact) mass is 366 g/mol. The summed E-state index contributed by atoms with van der Waals surface area (Å²) in [6.45, 7) is 13.1. The number of carbonyl (C=O) groups excluding carboxylic acids is 1. The van der Waals surface area contributed by atoms with E-state index in [9.17, 15) is 4.79 Å². The van der Waals surface area contributed by atoms with Crippen molar-refractivity contribution in [3.63, 3.8) is 0 Å². The molecular formula is C22H42N2O2. The van der Waals surface area contributed by atoms with Crippen molar-refractivity contribution in [2.45, 2.75) is 118 Å². The van der Waals surface area contributed by atoms with E-state index in [1.54, 1.807) is 0 Å². The zero-order valence-electron chi connectivity index (χ0n) is 18.1. The standard InChI is InChI=1S/C22H42N2O2/c1-7-8-9-10-11-12-13-14-15-16-20-23-22(5,6)17-24(20)21(18(2)3)26-19(4)25/h18,21H,7-17H2,1-6H3. The fourth-order valence-electron chi connectivity index (χ4n) is 3.72. The first-order valence-corrected chi connectivity index (χ1v) is 10.8. The van der Waals surface area contributed by atoms with Gasteiger partial charge in [0.05, 0.1) is 5.54 Å². The molecule has 1 heterocycles. The third-order valence-corrected chi connectivity index (χ3v) is 4.99. The van der Waals surface area contributed by atoms with Gasteiger partial charge in [-0.1, -0.05) is 72.1 Å². The highest BCUT2D eigenvalue weighted by Crippen LogP contribution is 2.28. The fraction of sp³-hybridized carbons (Fsp3) is 0.909. The average molecular weight is 367 g/mol. The van der Waals surface area contributed by atoms with Gasteiger partial charge in [0.15, 0.2) is 6.23 Å². The molecule has 152 valence electrons. The lowest BCUT2D eigenvalue weighted by Crippen LogP contribution is -2.46. The summed E-state index contributed by atoms with van der Waals surface area (Å²) in [7, 11) is 0. The number of ether oxygens (including phenoxy) is 1. The summed E-state index contributed by atoms with van der Waals surface area (Å²) >= 11 is 0. The van der Waals surface area contributed by atoms with Crippen LogP contribution >= 0.6 is 0 Å². The van der Waals surface area contributed by atoms with Crippen LogP contribution in [0, 0.1) is 5.92 Å². The summed E-state index contributed by atoms with van der Waals surface area (Å²) in [5.74, 6) is 1.16. The Morgan fingerprint density at radius 1 is 1.08 bits per heavy atom. The first-order valence-electron chi connectivity index (χ1n) is 10.8. The minimum Gasteiger partial charge on any atom is -0.441 e. The SMILES string of the molecule is CCCCCCCCCCCC1=NC(C)(C)CN1C(OC(C)=O)C(C)C. The van der Waals surface area contributed by atoms with E-state index < -0.39 is 0 Å². The van der Waals surface area contributed by atoms with Gasteiger partial charge in [0, 0.05) is 25.8 Å². The molecule has 4 nitrogen and oxygen atoms in total. The summed E-state index contributed by atoms with van der Waals surface area (Å²) in [6, 6.07) is 0. The van der Waals surface area contributed by atoms with E-state index in [4.69, 9.17) is 9.73 Å². The van der Waals surface area contributed by atoms with Gasteiger partial charge in [0.25, 0.3) is 0 Å². The van der Waals surface area contributed by atoms with Gasteiger partial charge in [-0.05, 0) is 20.3 Å². The maximum atomic E-state index is 11.5. The third kappa shape index (κ3) is 8.55. The largest absolute Gasteiger partial charge is 0.441 e. The maximum absolute atomic E-state index is 11.5. The van der Waals surface area contributed by atoms with E-state index in [-0.39, 0.29) is 23.7 Å². The number of aliphatic imine (C=N–C) groups is 1. The van der Waals surface area contributed by atoms with Gasteiger partial charge in [-0.2, -0.15) is 0 Å². The Kier molecular flexibility index (Phi) is 10.3. The summed E-state index contributed by atoms with van der Waals surface area (Å²) in [5, 5.41) is 0. The molecule has 1 unspecified atom stereocenters. The van der Waals surface area contributed by atoms with E-state index >= 15 is 0 Å². The number of hydrogen-bond donors (Lipinski definition) is 0. The van der Waals surface area contributed by atoms with Crippen LogP contribution in [0.3, 0.4) is 0 Å². The number of unbranched alkanes of at least 4 members (excludes halogenated alkanes) is 8. The minimum absolute atomic E-state index is 0.0953. The summed E-state index contributed by atoms with van der Waals surface area (Å²) in [4.78, 5) is 18.7. The molecule has 1 atom stereocenters. The van der Waals surface area contributed by atoms with Crippen molar-refractivity contribution >= 4 is 11.8 Å². The van der Waals surface area contributed by atoms with Gasteiger partial charge < -0.3 is 9.64 Å². The van der Waals surface area contributed by atoms with Gasteiger partial charge >= 0.3 is 5.97 Å². The van der Waals surface area contributed by atoms with Crippen LogP contribution in [0.2, 0.25) is 0 Å². The molecule has 1 rings (SSSR count). The summed E-state index contributed by atoms with van der Waals surface area (Å²) in [6.07, 6.45) is 12.8. The molecule has 0 bridgehead atoms. The van der Waals surface area contributed by atoms with Crippen molar-refractivity contribution < 1.29 is 9.53 Å². The van der Waals surface area contributed by atoms with Gasteiger partial charge in [0.2, 0.25) is 0 Å². The lowest BCUT2D eigenvalue weighted by Gasteiger charge is -2.33. The van der Waals surface area contributed by atoms with Crippen LogP contribution in [0.1, 0.15) is 106 Å². The molecule has 0 amide bonds. The Balaban J connectivity index is 2.42. The zero-order chi connectivity index (χ0) is 19.6. The van der Waals surface area contributed by atoms with Gasteiger partial charge in [0.1, 0.15) is 5.84 Å². The van der Waals surface area contributed by atoms with Crippen LogP contribution in [0.15, 0.2) is 4.99 Å². The normalized spacial score (nSPS) is 17.5. The Labute approximate surface area is 161 Å². The summed E-state index contributed by atoms with van der Waals surface area (Å²) < 4.78 is 5.62. The number of esters is 1. The number of rotatable bonds is 13. The van der Waals surface area contributed by atoms with Gasteiger partial charge in [-0.25, -0.2) is 0 Å². The lowest BCUT2D eigenvalue weighted by atomic mass is 10.1. The molecule has 0 fully saturated rings. The van der Waals surface area contributed by atoms with E-state index in [1.807, 2.05) is 0 Å². The Morgan fingerprint density at radius 3 is 2.12 bits per heavy atom. The number of hydrogen-bond acceptors (Lipinski definition) is 4. The Morgan fingerprint density at radius 2 is 1.62 bits per heavy atom. The average Bonchev–Trinajstić information content (AvgIpc) is 2.85. The molecule has 0 aromatic heterocycles. The molecule has 0 N–H and O–H groups in total. The molecule has 1 aliphatic rings. The van der Waals surface area contributed by atoms with E-state index in [0.29, 0.717) is 0 Å². The molecule has 0 saturated heterocycles. The molecule has 0 aromatic carbocycles. The Hall–Kier alpha value is -1.06. The van der Waals surface area contributed by atoms with Crippen molar-refractivity contribution in [1.82, 2.24) is 4.90 Å². The topological polar surface area (TPSA) is 41.9 Å². The molecule has 1 aliphatic heterocycles. The fourth-order valence-corrected chi connectivity index (χ4v) is 3.72. The van der Waals surface area contributed by atoms with Crippen molar-refractivity contribution in [2.75, 3.05) is 6.54 Å². The highest BCUT2D eigenvalue weighted by atomic mass is 16.6. The molecular weight excluding hydrogens is 324 g/mol. The molecule has 0 aromatic rings. The second-order valence-electron chi connectivity index (χ2n) is 8.79. The van der Waals surface area contributed by atoms with Crippen LogP contribution in [0.25, 0.3) is 0 Å². The van der Waals surface area contributed by atoms with Crippen molar-refractivity contribution in [2.24, 2.45) is 10.9 Å². The predicted molar refractivity (Wildman–Crippen MR) is 110 cm³/mol. The zero-order valence-corrected chi connectivity index (χ0v) is 18.1. The molecule has 0 radical (unpaired) electrons. The highest BCUT2D eigenvalue weighted by Gasteiger charge is 2.37. The Bertz CT molecular complexity index is 443. The molecule has 0 aliphatic carbocycles. The number of nitrogens with zero attached hydrogens (tertiary/aromatic N) is 2. The first kappa shape index (κ1) is 23.0. The molecule has 26 heavy (non-hydrogen) atoms. The summed E-state index contributed by atoms with van der Waals surface area (Å²) in [5.41, 5.74) is -0.0953. The number of carbonyl (C=O) groups is 1. The van der Waals surface area contributed by atoms with Crippen LogP contribution in [0.4, 0.5) is 0 Å². The second-order valence-corrected chi connectivity index (χ2v) is 8.79. The third-order valence-electron chi connectivity index (χ3n) is 4.99. The highest BCUT2D eigenvalue weighted by molar-refractivity contribution is 5.85. The van der Waals surface area contributed by atoms with Crippen molar-refractivity contribution in [3.8, 4) is 0 Å². The van der Waals surface area contributed by atoms with Gasteiger partial charge in [-0.15, -0.1) is 0 Å². The number of amidine groups is 1. The molecule has 0 spiro atoms. The van der Waals surface area contributed by atoms with Gasteiger partial charge in [-0.3, -0.25) is 9.79 Å². The van der Waals surface area contributed by atoms with E-state index in [0.717, 1.165) is 18.8 Å². The minimum atomic E-state index is -0.212. The predicted octanol–water partition coefficient (Wildman–Crippen LogP) is 5.95. The van der Waals surface area contributed by atoms with E-state index in [1.165, 1.54) is 64.7 Å². The van der Waals surface area contributed by atoms with Crippen LogP contribution in [-0.4, -0.2) is 35.0 Å². The van der Waals surface area contributed by atoms with Crippen molar-refractivity contribution in [3.05, 3.63) is 0 Å². The quantitative estimate of drug-likeness (QED) is 0.299. The van der Waals surface area contributed by atoms with Crippen LogP contribution in [-0.2, 0) is 9.53 Å². The molecule has 4 heteroatoms. The van der Waals surface area contributed by atoms with Crippen molar-refractivity contribution in [1.29, 1.82) is 0 Å². The van der Waals surface area contributed by atoms with Crippen LogP contribution < -0.4 is 0 Å². The smallest absolute Gasteiger partial charge is 0.304 e. The lowest BCUT2D eigenvalue weighted by molar-refractivity contribution is -0.156. The first-order chi connectivity index (χ1) is 12.3. The molecule has 0 saturated carbocycles.